The van der Waals surface area contributed by atoms with Crippen molar-refractivity contribution in [3.8, 4) is 10.7 Å². The fraction of sp³-hybridized carbons (Fsp3) is 0.450. The molecule has 9 heteroatoms. The second-order valence-electron chi connectivity index (χ2n) is 7.25. The zero-order chi connectivity index (χ0) is 19.6. The van der Waals surface area contributed by atoms with Crippen LogP contribution < -0.4 is 0 Å². The van der Waals surface area contributed by atoms with Crippen LogP contribution in [0.15, 0.2) is 34.1 Å². The highest BCUT2D eigenvalue weighted by Crippen LogP contribution is 2.30. The van der Waals surface area contributed by atoms with Gasteiger partial charge in [0.25, 0.3) is 0 Å². The maximum Gasteiger partial charge on any atom is 0.233 e. The Morgan fingerprint density at radius 3 is 3.07 bits per heavy atom. The predicted octanol–water partition coefficient (Wildman–Crippen LogP) is 3.92. The first-order chi connectivity index (χ1) is 14.3. The molecule has 152 valence electrons. The van der Waals surface area contributed by atoms with Gasteiger partial charge in [-0.15, -0.1) is 32.9 Å². The molecule has 1 amide bonds. The van der Waals surface area contributed by atoms with Crippen LogP contribution in [0.1, 0.15) is 23.3 Å². The van der Waals surface area contributed by atoms with E-state index in [1.54, 1.807) is 22.7 Å². The lowest BCUT2D eigenvalue weighted by Gasteiger charge is -2.26. The number of thioether (sulfide) groups is 1. The van der Waals surface area contributed by atoms with Gasteiger partial charge in [0, 0.05) is 24.6 Å². The third-order valence-corrected chi connectivity index (χ3v) is 8.19. The molecule has 0 aromatic carbocycles. The summed E-state index contributed by atoms with van der Waals surface area (Å²) in [6.07, 6.45) is 3.31. The Morgan fingerprint density at radius 2 is 2.24 bits per heavy atom. The number of hydrogen-bond acceptors (Lipinski definition) is 7. The van der Waals surface area contributed by atoms with Crippen molar-refractivity contribution < 1.29 is 9.53 Å². The van der Waals surface area contributed by atoms with E-state index >= 15 is 0 Å². The van der Waals surface area contributed by atoms with Crippen LogP contribution >= 0.6 is 34.4 Å². The minimum atomic E-state index is 0.163. The quantitative estimate of drug-likeness (QED) is 0.537. The van der Waals surface area contributed by atoms with Crippen LogP contribution in [-0.2, 0) is 29.0 Å². The van der Waals surface area contributed by atoms with E-state index in [4.69, 9.17) is 4.74 Å². The number of rotatable bonds is 6. The second kappa shape index (κ2) is 8.59. The number of amides is 1. The molecule has 1 saturated heterocycles. The molecule has 6 nitrogen and oxygen atoms in total. The van der Waals surface area contributed by atoms with Gasteiger partial charge in [-0.1, -0.05) is 17.8 Å². The summed E-state index contributed by atoms with van der Waals surface area (Å²) in [7, 11) is 0. The monoisotopic (exact) mass is 446 g/mol. The summed E-state index contributed by atoms with van der Waals surface area (Å²) < 4.78 is 7.98. The van der Waals surface area contributed by atoms with Gasteiger partial charge in [0.15, 0.2) is 11.0 Å². The van der Waals surface area contributed by atoms with Gasteiger partial charge in [-0.25, -0.2) is 0 Å². The topological polar surface area (TPSA) is 60.3 Å². The molecule has 0 unspecified atom stereocenters. The summed E-state index contributed by atoms with van der Waals surface area (Å²) in [6, 6.07) is 6.22. The van der Waals surface area contributed by atoms with Gasteiger partial charge in [0.1, 0.15) is 0 Å². The normalized spacial score (nSPS) is 18.9. The van der Waals surface area contributed by atoms with Crippen molar-refractivity contribution in [2.24, 2.45) is 0 Å². The van der Waals surface area contributed by atoms with E-state index in [0.717, 1.165) is 61.4 Å². The van der Waals surface area contributed by atoms with Gasteiger partial charge in [0.2, 0.25) is 5.91 Å². The van der Waals surface area contributed by atoms with Gasteiger partial charge in [-0.2, -0.15) is 0 Å². The molecular formula is C20H22N4O2S3. The lowest BCUT2D eigenvalue weighted by molar-refractivity contribution is -0.129. The van der Waals surface area contributed by atoms with Crippen molar-refractivity contribution in [3.63, 3.8) is 0 Å². The lowest BCUT2D eigenvalue weighted by atomic mass is 10.1. The van der Waals surface area contributed by atoms with Crippen molar-refractivity contribution in [2.45, 2.75) is 43.6 Å². The highest BCUT2D eigenvalue weighted by molar-refractivity contribution is 7.99. The van der Waals surface area contributed by atoms with Crippen LogP contribution in [0.2, 0.25) is 0 Å². The summed E-state index contributed by atoms with van der Waals surface area (Å²) in [5.41, 5.74) is 1.29. The molecular weight excluding hydrogens is 424 g/mol. The molecule has 0 radical (unpaired) electrons. The van der Waals surface area contributed by atoms with E-state index in [-0.39, 0.29) is 12.0 Å². The SMILES string of the molecule is O=C(CSc1nnc(-c2cccs2)n1C[C@H]1CCCO1)N1CCc2sccc2C1. The Morgan fingerprint density at radius 1 is 1.28 bits per heavy atom. The highest BCUT2D eigenvalue weighted by atomic mass is 32.2. The van der Waals surface area contributed by atoms with E-state index in [2.05, 4.69) is 32.3 Å². The molecule has 5 rings (SSSR count). The standard InChI is InChI=1S/C20H22N4O2S3/c25-18(23-7-5-16-14(11-23)6-10-28-16)13-29-20-22-21-19(17-4-2-9-27-17)24(20)12-15-3-1-8-26-15/h2,4,6,9-10,15H,1,3,5,7-8,11-13H2/t15-/m1/s1. The number of aromatic nitrogens is 3. The Kier molecular flexibility index (Phi) is 5.72. The second-order valence-corrected chi connectivity index (χ2v) is 10.1. The first-order valence-electron chi connectivity index (χ1n) is 9.82. The first-order valence-corrected chi connectivity index (χ1v) is 12.6. The van der Waals surface area contributed by atoms with Gasteiger partial charge in [-0.3, -0.25) is 9.36 Å². The highest BCUT2D eigenvalue weighted by Gasteiger charge is 2.25. The molecule has 0 aliphatic carbocycles. The zero-order valence-corrected chi connectivity index (χ0v) is 18.4. The van der Waals surface area contributed by atoms with Crippen molar-refractivity contribution in [2.75, 3.05) is 18.9 Å². The summed E-state index contributed by atoms with van der Waals surface area (Å²) in [5, 5.41) is 13.8. The zero-order valence-electron chi connectivity index (χ0n) is 16.0. The summed E-state index contributed by atoms with van der Waals surface area (Å²) >= 11 is 4.93. The fourth-order valence-electron chi connectivity index (χ4n) is 3.82. The van der Waals surface area contributed by atoms with E-state index in [9.17, 15) is 4.79 Å². The third kappa shape index (κ3) is 4.14. The number of fused-ring (bicyclic) bond motifs is 1. The Labute approximate surface area is 181 Å². The van der Waals surface area contributed by atoms with Crippen LogP contribution in [0.4, 0.5) is 0 Å². The number of carbonyl (C=O) groups excluding carboxylic acids is 1. The maximum absolute atomic E-state index is 12.8. The third-order valence-electron chi connectivity index (χ3n) is 5.35. The average Bonchev–Trinajstić information content (AvgIpc) is 3.53. The Hall–Kier alpha value is -1.68. The molecule has 5 heterocycles. The molecule has 0 saturated carbocycles. The molecule has 2 aliphatic rings. The predicted molar refractivity (Wildman–Crippen MR) is 116 cm³/mol. The number of nitrogens with zero attached hydrogens (tertiary/aromatic N) is 4. The van der Waals surface area contributed by atoms with Gasteiger partial charge < -0.3 is 9.64 Å². The first kappa shape index (κ1) is 19.3. The molecule has 1 atom stereocenters. The minimum absolute atomic E-state index is 0.163. The largest absolute Gasteiger partial charge is 0.376 e. The van der Waals surface area contributed by atoms with Crippen molar-refractivity contribution in [3.05, 3.63) is 39.4 Å². The van der Waals surface area contributed by atoms with Gasteiger partial charge in [0.05, 0.1) is 23.3 Å². The van der Waals surface area contributed by atoms with Crippen LogP contribution in [0.25, 0.3) is 10.7 Å². The molecule has 0 spiro atoms. The molecule has 1 fully saturated rings. The van der Waals surface area contributed by atoms with E-state index in [1.807, 2.05) is 16.3 Å². The molecule has 29 heavy (non-hydrogen) atoms. The van der Waals surface area contributed by atoms with Crippen LogP contribution in [0.3, 0.4) is 0 Å². The smallest absolute Gasteiger partial charge is 0.233 e. The molecule has 0 N–H and O–H groups in total. The number of hydrogen-bond donors (Lipinski definition) is 0. The number of thiophene rings is 2. The van der Waals surface area contributed by atoms with Crippen LogP contribution in [-0.4, -0.2) is 50.6 Å². The molecule has 2 aliphatic heterocycles. The molecule has 3 aromatic heterocycles. The number of ether oxygens (including phenoxy) is 1. The van der Waals surface area contributed by atoms with Crippen molar-refractivity contribution >= 4 is 40.3 Å². The average molecular weight is 447 g/mol. The van der Waals surface area contributed by atoms with E-state index in [1.165, 1.54) is 22.2 Å². The summed E-state index contributed by atoms with van der Waals surface area (Å²) in [4.78, 5) is 17.3. The van der Waals surface area contributed by atoms with Crippen molar-refractivity contribution in [1.29, 1.82) is 0 Å². The van der Waals surface area contributed by atoms with Gasteiger partial charge >= 0.3 is 0 Å². The Bertz CT molecular complexity index is 976. The minimum Gasteiger partial charge on any atom is -0.376 e. The van der Waals surface area contributed by atoms with E-state index in [0.29, 0.717) is 5.75 Å². The van der Waals surface area contributed by atoms with E-state index < -0.39 is 0 Å². The molecule has 3 aromatic rings. The summed E-state index contributed by atoms with van der Waals surface area (Å²) in [6.45, 7) is 3.08. The maximum atomic E-state index is 12.8. The van der Waals surface area contributed by atoms with Crippen LogP contribution in [0.5, 0.6) is 0 Å². The molecule has 0 bridgehead atoms. The van der Waals surface area contributed by atoms with Gasteiger partial charge in [-0.05, 0) is 47.7 Å². The lowest BCUT2D eigenvalue weighted by Crippen LogP contribution is -2.36. The number of carbonyl (C=O) groups is 1. The van der Waals surface area contributed by atoms with Crippen molar-refractivity contribution in [1.82, 2.24) is 19.7 Å². The summed E-state index contributed by atoms with van der Waals surface area (Å²) in [5.74, 6) is 1.41. The Balaban J connectivity index is 1.29. The fourth-order valence-corrected chi connectivity index (χ4v) is 6.28. The van der Waals surface area contributed by atoms with Crippen LogP contribution in [0, 0.1) is 0 Å².